The van der Waals surface area contributed by atoms with Gasteiger partial charge in [0.15, 0.2) is 5.78 Å². The van der Waals surface area contributed by atoms with E-state index in [9.17, 15) is 4.79 Å². The second-order valence-corrected chi connectivity index (χ2v) is 5.74. The Morgan fingerprint density at radius 2 is 2.13 bits per heavy atom. The van der Waals surface area contributed by atoms with Crippen LogP contribution in [-0.4, -0.2) is 11.8 Å². The summed E-state index contributed by atoms with van der Waals surface area (Å²) in [4.78, 5) is 12.8. The molecule has 4 heteroatoms. The van der Waals surface area contributed by atoms with E-state index in [2.05, 4.69) is 0 Å². The molecular weight excluding hydrogens is 230 g/mol. The summed E-state index contributed by atoms with van der Waals surface area (Å²) in [7, 11) is 0. The van der Waals surface area contributed by atoms with Crippen LogP contribution in [0.5, 0.6) is 0 Å². The zero-order valence-electron chi connectivity index (χ0n) is 8.41. The van der Waals surface area contributed by atoms with E-state index < -0.39 is 0 Å². The van der Waals surface area contributed by atoms with E-state index in [1.54, 1.807) is 12.1 Å². The Bertz CT molecular complexity index is 363. The molecule has 0 bridgehead atoms. The number of hydrogen-bond acceptors (Lipinski definition) is 3. The molecule has 2 atom stereocenters. The van der Waals surface area contributed by atoms with Crippen molar-refractivity contribution in [2.24, 2.45) is 11.7 Å². The monoisotopic (exact) mass is 243 g/mol. The minimum Gasteiger partial charge on any atom is -0.327 e. The summed E-state index contributed by atoms with van der Waals surface area (Å²) >= 11 is 7.17. The molecule has 1 saturated carbocycles. The van der Waals surface area contributed by atoms with E-state index in [4.69, 9.17) is 17.3 Å². The maximum atomic E-state index is 12.1. The van der Waals surface area contributed by atoms with E-state index in [-0.39, 0.29) is 17.7 Å². The summed E-state index contributed by atoms with van der Waals surface area (Å²) in [6, 6.07) is 3.61. The molecule has 1 aliphatic carbocycles. The topological polar surface area (TPSA) is 43.1 Å². The van der Waals surface area contributed by atoms with Gasteiger partial charge in [0.1, 0.15) is 0 Å². The molecule has 0 spiro atoms. The largest absolute Gasteiger partial charge is 0.327 e. The first kappa shape index (κ1) is 11.1. The third-order valence-corrected chi connectivity index (χ3v) is 4.22. The Kier molecular flexibility index (Phi) is 3.44. The fourth-order valence-electron chi connectivity index (χ4n) is 2.11. The molecule has 2 nitrogen and oxygen atoms in total. The van der Waals surface area contributed by atoms with Crippen molar-refractivity contribution in [2.45, 2.75) is 31.7 Å². The van der Waals surface area contributed by atoms with Gasteiger partial charge in [-0.1, -0.05) is 24.4 Å². The molecule has 0 aliphatic heterocycles. The number of thiophene rings is 1. The summed E-state index contributed by atoms with van der Waals surface area (Å²) < 4.78 is 0.669. The Morgan fingerprint density at radius 3 is 2.73 bits per heavy atom. The number of ketones is 1. The predicted octanol–water partition coefficient (Wildman–Crippen LogP) is 3.10. The van der Waals surface area contributed by atoms with Gasteiger partial charge < -0.3 is 5.73 Å². The van der Waals surface area contributed by atoms with Crippen molar-refractivity contribution < 1.29 is 4.79 Å². The van der Waals surface area contributed by atoms with Crippen LogP contribution in [0.1, 0.15) is 35.4 Å². The second kappa shape index (κ2) is 4.64. The van der Waals surface area contributed by atoms with Crippen LogP contribution in [0.15, 0.2) is 12.1 Å². The summed E-state index contributed by atoms with van der Waals surface area (Å²) in [6.45, 7) is 0. The standard InChI is InChI=1S/C11H14ClNOS/c12-10-6-5-9(15-10)11(14)7-3-1-2-4-8(7)13/h5-8H,1-4,13H2. The maximum absolute atomic E-state index is 12.1. The number of hydrogen-bond donors (Lipinski definition) is 1. The van der Waals surface area contributed by atoms with Crippen molar-refractivity contribution in [1.29, 1.82) is 0 Å². The average Bonchev–Trinajstić information content (AvgIpc) is 2.65. The Balaban J connectivity index is 2.13. The lowest BCUT2D eigenvalue weighted by Gasteiger charge is -2.26. The lowest BCUT2D eigenvalue weighted by Crippen LogP contribution is -2.37. The smallest absolute Gasteiger partial charge is 0.177 e. The quantitative estimate of drug-likeness (QED) is 0.812. The maximum Gasteiger partial charge on any atom is 0.177 e. The summed E-state index contributed by atoms with van der Waals surface area (Å²) in [6.07, 6.45) is 4.16. The van der Waals surface area contributed by atoms with Crippen molar-refractivity contribution in [3.05, 3.63) is 21.3 Å². The molecule has 1 heterocycles. The van der Waals surface area contributed by atoms with Crippen LogP contribution in [-0.2, 0) is 0 Å². The highest BCUT2D eigenvalue weighted by molar-refractivity contribution is 7.18. The molecule has 1 aromatic rings. The summed E-state index contributed by atoms with van der Waals surface area (Å²) in [5.74, 6) is 0.188. The minimum absolute atomic E-state index is 0.00784. The molecule has 2 unspecified atom stereocenters. The van der Waals surface area contributed by atoms with Crippen LogP contribution in [0.3, 0.4) is 0 Å². The van der Waals surface area contributed by atoms with Gasteiger partial charge in [-0.25, -0.2) is 0 Å². The van der Waals surface area contributed by atoms with Crippen LogP contribution in [0.2, 0.25) is 4.34 Å². The molecule has 1 aromatic heterocycles. The van der Waals surface area contributed by atoms with Crippen LogP contribution < -0.4 is 5.73 Å². The number of Topliss-reactive ketones (excluding diaryl/α,β-unsaturated/α-hetero) is 1. The molecule has 0 amide bonds. The first-order valence-corrected chi connectivity index (χ1v) is 6.43. The lowest BCUT2D eigenvalue weighted by molar-refractivity contribution is 0.0875. The van der Waals surface area contributed by atoms with Gasteiger partial charge >= 0.3 is 0 Å². The number of carbonyl (C=O) groups excluding carboxylic acids is 1. The minimum atomic E-state index is 0.00784. The molecule has 0 saturated heterocycles. The Labute approximate surface area is 98.4 Å². The molecule has 82 valence electrons. The van der Waals surface area contributed by atoms with E-state index in [1.807, 2.05) is 0 Å². The molecule has 2 N–H and O–H groups in total. The molecule has 0 aromatic carbocycles. The van der Waals surface area contributed by atoms with Gasteiger partial charge in [0.05, 0.1) is 9.21 Å². The molecule has 15 heavy (non-hydrogen) atoms. The van der Waals surface area contributed by atoms with Crippen LogP contribution in [0.25, 0.3) is 0 Å². The van der Waals surface area contributed by atoms with Crippen molar-refractivity contribution in [3.8, 4) is 0 Å². The third-order valence-electron chi connectivity index (χ3n) is 2.97. The summed E-state index contributed by atoms with van der Waals surface area (Å²) in [5.41, 5.74) is 5.97. The normalized spacial score (nSPS) is 26.5. The SMILES string of the molecule is NC1CCCCC1C(=O)c1ccc(Cl)s1. The van der Waals surface area contributed by atoms with E-state index in [0.29, 0.717) is 4.34 Å². The number of carbonyl (C=O) groups is 1. The Hall–Kier alpha value is -0.380. The zero-order chi connectivity index (χ0) is 10.8. The highest BCUT2D eigenvalue weighted by Crippen LogP contribution is 2.30. The first-order valence-electron chi connectivity index (χ1n) is 5.23. The van der Waals surface area contributed by atoms with Crippen molar-refractivity contribution in [1.82, 2.24) is 0 Å². The Morgan fingerprint density at radius 1 is 1.40 bits per heavy atom. The van der Waals surface area contributed by atoms with Gasteiger partial charge in [0, 0.05) is 12.0 Å². The fourth-order valence-corrected chi connectivity index (χ4v) is 3.16. The van der Waals surface area contributed by atoms with Gasteiger partial charge in [0.2, 0.25) is 0 Å². The van der Waals surface area contributed by atoms with Crippen LogP contribution in [0.4, 0.5) is 0 Å². The van der Waals surface area contributed by atoms with E-state index in [0.717, 1.165) is 30.6 Å². The fraction of sp³-hybridized carbons (Fsp3) is 0.545. The highest BCUT2D eigenvalue weighted by atomic mass is 35.5. The van der Waals surface area contributed by atoms with Crippen molar-refractivity contribution in [2.75, 3.05) is 0 Å². The molecule has 1 fully saturated rings. The highest BCUT2D eigenvalue weighted by Gasteiger charge is 2.29. The predicted molar refractivity (Wildman–Crippen MR) is 63.6 cm³/mol. The second-order valence-electron chi connectivity index (χ2n) is 4.02. The van der Waals surface area contributed by atoms with Crippen LogP contribution in [0, 0.1) is 5.92 Å². The van der Waals surface area contributed by atoms with Crippen molar-refractivity contribution in [3.63, 3.8) is 0 Å². The van der Waals surface area contributed by atoms with Crippen LogP contribution >= 0.6 is 22.9 Å². The average molecular weight is 244 g/mol. The third kappa shape index (κ3) is 2.41. The van der Waals surface area contributed by atoms with Gasteiger partial charge in [-0.2, -0.15) is 0 Å². The van der Waals surface area contributed by atoms with E-state index >= 15 is 0 Å². The zero-order valence-corrected chi connectivity index (χ0v) is 9.98. The number of rotatable bonds is 2. The molecule has 2 rings (SSSR count). The number of nitrogens with two attached hydrogens (primary N) is 1. The van der Waals surface area contributed by atoms with Gasteiger partial charge in [-0.05, 0) is 25.0 Å². The molecular formula is C11H14ClNOS. The number of halogens is 1. The van der Waals surface area contributed by atoms with Crippen molar-refractivity contribution >= 4 is 28.7 Å². The lowest BCUT2D eigenvalue weighted by atomic mass is 9.82. The molecule has 0 radical (unpaired) electrons. The van der Waals surface area contributed by atoms with Gasteiger partial charge in [-0.15, -0.1) is 11.3 Å². The van der Waals surface area contributed by atoms with Gasteiger partial charge in [0.25, 0.3) is 0 Å². The molecule has 1 aliphatic rings. The van der Waals surface area contributed by atoms with E-state index in [1.165, 1.54) is 11.3 Å². The first-order chi connectivity index (χ1) is 7.18. The van der Waals surface area contributed by atoms with Gasteiger partial charge in [-0.3, -0.25) is 4.79 Å². The summed E-state index contributed by atoms with van der Waals surface area (Å²) in [5, 5.41) is 0.